The third-order valence-electron chi connectivity index (χ3n) is 4.12. The van der Waals surface area contributed by atoms with Crippen LogP contribution in [-0.4, -0.2) is 40.6 Å². The van der Waals surface area contributed by atoms with Gasteiger partial charge in [0.25, 0.3) is 0 Å². The fraction of sp³-hybridized carbons (Fsp3) is 0.294. The van der Waals surface area contributed by atoms with E-state index in [2.05, 4.69) is 15.4 Å². The minimum atomic E-state index is -0.806. The Hall–Kier alpha value is -2.70. The molecule has 1 fully saturated rings. The third kappa shape index (κ3) is 2.55. The van der Waals surface area contributed by atoms with Crippen molar-refractivity contribution in [3.63, 3.8) is 0 Å². The lowest BCUT2D eigenvalue weighted by Crippen LogP contribution is -2.48. The van der Waals surface area contributed by atoms with Crippen molar-refractivity contribution in [3.05, 3.63) is 42.5 Å². The molecule has 124 valence electrons. The van der Waals surface area contributed by atoms with Crippen LogP contribution in [0.2, 0.25) is 0 Å². The van der Waals surface area contributed by atoms with Gasteiger partial charge in [-0.15, -0.1) is 5.10 Å². The first-order chi connectivity index (χ1) is 11.6. The Kier molecular flexibility index (Phi) is 3.55. The Balaban J connectivity index is 1.72. The molecule has 1 aliphatic heterocycles. The number of nitrogens with zero attached hydrogens (tertiary/aromatic N) is 4. The van der Waals surface area contributed by atoms with Gasteiger partial charge in [-0.25, -0.2) is 18.4 Å². The Labute approximate surface area is 137 Å². The summed E-state index contributed by atoms with van der Waals surface area (Å²) in [6.07, 6.45) is 2.65. The van der Waals surface area contributed by atoms with Crippen LogP contribution < -0.4 is 10.2 Å². The maximum Gasteiger partial charge on any atom is 0.181 e. The highest BCUT2D eigenvalue weighted by atomic mass is 19.1. The van der Waals surface area contributed by atoms with Crippen LogP contribution in [-0.2, 0) is 0 Å². The van der Waals surface area contributed by atoms with Crippen molar-refractivity contribution in [1.29, 1.82) is 0 Å². The smallest absolute Gasteiger partial charge is 0.181 e. The summed E-state index contributed by atoms with van der Waals surface area (Å²) in [5, 5.41) is 8.36. The van der Waals surface area contributed by atoms with Crippen molar-refractivity contribution in [2.45, 2.75) is 13.1 Å². The van der Waals surface area contributed by atoms with E-state index in [9.17, 15) is 8.78 Å². The lowest BCUT2D eigenvalue weighted by atomic mass is 10.1. The molecule has 2 aromatic heterocycles. The van der Waals surface area contributed by atoms with E-state index in [0.29, 0.717) is 24.4 Å². The summed E-state index contributed by atoms with van der Waals surface area (Å²) in [5.74, 6) is -0.379. The summed E-state index contributed by atoms with van der Waals surface area (Å²) < 4.78 is 28.8. The molecule has 3 aromatic rings. The second-order valence-corrected chi connectivity index (χ2v) is 5.88. The fourth-order valence-corrected chi connectivity index (χ4v) is 2.85. The van der Waals surface area contributed by atoms with Crippen molar-refractivity contribution in [2.24, 2.45) is 0 Å². The van der Waals surface area contributed by atoms with Gasteiger partial charge in [0, 0.05) is 23.8 Å². The second-order valence-electron chi connectivity index (χ2n) is 5.88. The topological polar surface area (TPSA) is 46.0 Å². The number of anilines is 2. The third-order valence-corrected chi connectivity index (χ3v) is 4.12. The zero-order chi connectivity index (χ0) is 16.7. The number of halogens is 2. The number of nitrogens with one attached hydrogen (secondary N) is 1. The predicted molar refractivity (Wildman–Crippen MR) is 90.1 cm³/mol. The van der Waals surface area contributed by atoms with Gasteiger partial charge in [0.05, 0.1) is 25.0 Å². The van der Waals surface area contributed by atoms with Crippen LogP contribution in [0.1, 0.15) is 6.92 Å². The molecule has 0 spiro atoms. The molecule has 1 aliphatic rings. The van der Waals surface area contributed by atoms with Gasteiger partial charge in [-0.05, 0) is 31.2 Å². The van der Waals surface area contributed by atoms with Crippen LogP contribution in [0.25, 0.3) is 16.7 Å². The highest BCUT2D eigenvalue weighted by molar-refractivity contribution is 5.78. The summed E-state index contributed by atoms with van der Waals surface area (Å²) in [6, 6.07) is 6.67. The molecule has 5 nitrogen and oxygen atoms in total. The van der Waals surface area contributed by atoms with Gasteiger partial charge in [0.2, 0.25) is 0 Å². The van der Waals surface area contributed by atoms with Crippen molar-refractivity contribution in [2.75, 3.05) is 29.9 Å². The van der Waals surface area contributed by atoms with Gasteiger partial charge >= 0.3 is 0 Å². The monoisotopic (exact) mass is 329 g/mol. The Morgan fingerprint density at radius 2 is 2.12 bits per heavy atom. The van der Waals surface area contributed by atoms with Crippen LogP contribution in [0.15, 0.2) is 36.7 Å². The van der Waals surface area contributed by atoms with Crippen LogP contribution in [0, 0.1) is 5.82 Å². The highest BCUT2D eigenvalue weighted by Crippen LogP contribution is 2.27. The highest BCUT2D eigenvalue weighted by Gasteiger charge is 2.27. The van der Waals surface area contributed by atoms with Crippen LogP contribution in [0.4, 0.5) is 20.2 Å². The molecule has 0 atom stereocenters. The number of hydrogen-bond acceptors (Lipinski definition) is 4. The lowest BCUT2D eigenvalue weighted by Gasteiger charge is -2.36. The van der Waals surface area contributed by atoms with E-state index in [1.807, 2.05) is 17.9 Å². The van der Waals surface area contributed by atoms with Crippen LogP contribution >= 0.6 is 0 Å². The number of benzene rings is 1. The molecular weight excluding hydrogens is 312 g/mol. The quantitative estimate of drug-likeness (QED) is 0.799. The molecule has 4 rings (SSSR count). The molecule has 1 N–H and O–H groups in total. The van der Waals surface area contributed by atoms with Gasteiger partial charge in [0.15, 0.2) is 5.65 Å². The van der Waals surface area contributed by atoms with Crippen molar-refractivity contribution < 1.29 is 8.78 Å². The van der Waals surface area contributed by atoms with Gasteiger partial charge in [-0.3, -0.25) is 0 Å². The average Bonchev–Trinajstić information content (AvgIpc) is 2.96. The van der Waals surface area contributed by atoms with E-state index in [1.54, 1.807) is 24.5 Å². The molecule has 0 unspecified atom stereocenters. The first-order valence-electron chi connectivity index (χ1n) is 7.92. The molecule has 3 heterocycles. The van der Waals surface area contributed by atoms with E-state index in [-0.39, 0.29) is 5.82 Å². The SMILES string of the molecule is CCNc1cnc2nn(-c3cc(N4CC(F)C4)ccc3F)cc2c1. The lowest BCUT2D eigenvalue weighted by molar-refractivity contribution is 0.275. The molecule has 0 aliphatic carbocycles. The first kappa shape index (κ1) is 14.9. The van der Waals surface area contributed by atoms with E-state index >= 15 is 0 Å². The first-order valence-corrected chi connectivity index (χ1v) is 7.92. The molecule has 1 saturated heterocycles. The molecule has 24 heavy (non-hydrogen) atoms. The molecule has 0 amide bonds. The summed E-state index contributed by atoms with van der Waals surface area (Å²) in [6.45, 7) is 3.50. The zero-order valence-electron chi connectivity index (χ0n) is 13.2. The minimum Gasteiger partial charge on any atom is -0.384 e. The standard InChI is InChI=1S/C17H17F2N5/c1-2-20-13-5-11-8-24(22-17(11)21-7-13)16-6-14(3-4-15(16)19)23-9-12(18)10-23/h3-8,12,20H,2,9-10H2,1H3. The number of pyridine rings is 1. The summed E-state index contributed by atoms with van der Waals surface area (Å²) in [4.78, 5) is 6.17. The number of rotatable bonds is 4. The Morgan fingerprint density at radius 1 is 1.29 bits per heavy atom. The summed E-state index contributed by atoms with van der Waals surface area (Å²) in [5.41, 5.74) is 2.57. The molecule has 0 saturated carbocycles. The van der Waals surface area contributed by atoms with E-state index in [4.69, 9.17) is 0 Å². The van der Waals surface area contributed by atoms with Crippen molar-refractivity contribution in [1.82, 2.24) is 14.8 Å². The normalized spacial score (nSPS) is 14.9. The van der Waals surface area contributed by atoms with Crippen molar-refractivity contribution in [3.8, 4) is 5.69 Å². The average molecular weight is 329 g/mol. The minimum absolute atomic E-state index is 0.331. The zero-order valence-corrected chi connectivity index (χ0v) is 13.2. The van der Waals surface area contributed by atoms with Gasteiger partial charge in [0.1, 0.15) is 17.7 Å². The summed E-state index contributed by atoms with van der Waals surface area (Å²) >= 11 is 0. The van der Waals surface area contributed by atoms with Crippen molar-refractivity contribution >= 4 is 22.4 Å². The number of fused-ring (bicyclic) bond motifs is 1. The van der Waals surface area contributed by atoms with E-state index in [0.717, 1.165) is 23.3 Å². The van der Waals surface area contributed by atoms with Crippen LogP contribution in [0.3, 0.4) is 0 Å². The van der Waals surface area contributed by atoms with Gasteiger partial charge < -0.3 is 10.2 Å². The van der Waals surface area contributed by atoms with Crippen LogP contribution in [0.5, 0.6) is 0 Å². The molecule has 0 radical (unpaired) electrons. The Morgan fingerprint density at radius 3 is 2.88 bits per heavy atom. The fourth-order valence-electron chi connectivity index (χ4n) is 2.85. The molecule has 1 aromatic carbocycles. The number of aromatic nitrogens is 3. The molecule has 0 bridgehead atoms. The Bertz CT molecular complexity index is 886. The second kappa shape index (κ2) is 5.74. The molecule has 7 heteroatoms. The van der Waals surface area contributed by atoms with E-state index in [1.165, 1.54) is 10.7 Å². The largest absolute Gasteiger partial charge is 0.384 e. The number of alkyl halides is 1. The van der Waals surface area contributed by atoms with E-state index < -0.39 is 6.17 Å². The van der Waals surface area contributed by atoms with Gasteiger partial charge in [-0.1, -0.05) is 0 Å². The summed E-state index contributed by atoms with van der Waals surface area (Å²) in [7, 11) is 0. The van der Waals surface area contributed by atoms with Gasteiger partial charge in [-0.2, -0.15) is 0 Å². The maximum absolute atomic E-state index is 14.3. The maximum atomic E-state index is 14.3. The molecular formula is C17H17F2N5. The number of hydrogen-bond donors (Lipinski definition) is 1. The predicted octanol–water partition coefficient (Wildman–Crippen LogP) is 3.15.